The summed E-state index contributed by atoms with van der Waals surface area (Å²) in [6, 6.07) is 9.71. The first kappa shape index (κ1) is 17.5. The van der Waals surface area contributed by atoms with Crippen molar-refractivity contribution in [2.45, 2.75) is 18.9 Å². The summed E-state index contributed by atoms with van der Waals surface area (Å²) in [6.07, 6.45) is 2.54. The zero-order chi connectivity index (χ0) is 15.7. The van der Waals surface area contributed by atoms with Gasteiger partial charge in [0.25, 0.3) is 0 Å². The van der Waals surface area contributed by atoms with E-state index in [0.29, 0.717) is 18.7 Å². The molecule has 1 unspecified atom stereocenters. The summed E-state index contributed by atoms with van der Waals surface area (Å²) in [7, 11) is 0. The number of hydrogen-bond acceptors (Lipinski definition) is 4. The second-order valence-corrected chi connectivity index (χ2v) is 5.97. The van der Waals surface area contributed by atoms with Crippen LogP contribution in [0.3, 0.4) is 0 Å². The van der Waals surface area contributed by atoms with Gasteiger partial charge in [0, 0.05) is 18.8 Å². The summed E-state index contributed by atoms with van der Waals surface area (Å²) in [6.45, 7) is 2.08. The summed E-state index contributed by atoms with van der Waals surface area (Å²) >= 11 is 1.48. The molecule has 1 aromatic rings. The van der Waals surface area contributed by atoms with Crippen molar-refractivity contribution < 1.29 is 14.7 Å². The van der Waals surface area contributed by atoms with E-state index < -0.39 is 17.4 Å². The van der Waals surface area contributed by atoms with E-state index >= 15 is 0 Å². The van der Waals surface area contributed by atoms with Gasteiger partial charge < -0.3 is 15.7 Å². The molecular weight excluding hydrogens is 288 g/mol. The van der Waals surface area contributed by atoms with Crippen molar-refractivity contribution in [3.05, 3.63) is 35.9 Å². The zero-order valence-electron chi connectivity index (χ0n) is 12.4. The Labute approximate surface area is 129 Å². The van der Waals surface area contributed by atoms with E-state index in [-0.39, 0.29) is 6.54 Å². The van der Waals surface area contributed by atoms with Crippen molar-refractivity contribution in [2.24, 2.45) is 0 Å². The molecule has 3 N–H and O–H groups in total. The van der Waals surface area contributed by atoms with E-state index in [0.717, 1.165) is 5.56 Å². The predicted molar refractivity (Wildman–Crippen MR) is 85.2 cm³/mol. The molecule has 1 rings (SSSR count). The van der Waals surface area contributed by atoms with Crippen LogP contribution in [0.1, 0.15) is 12.5 Å². The summed E-state index contributed by atoms with van der Waals surface area (Å²) in [5.41, 5.74) is 0.0838. The first-order chi connectivity index (χ1) is 9.94. The number of carbonyl (C=O) groups excluding carboxylic acids is 2. The SMILES string of the molecule is CSCC(C)(O)CNC(=O)C(=O)NCCc1ccccc1. The molecule has 0 saturated carbocycles. The lowest BCUT2D eigenvalue weighted by Crippen LogP contribution is -2.47. The minimum Gasteiger partial charge on any atom is -0.387 e. The topological polar surface area (TPSA) is 78.4 Å². The molecule has 0 aliphatic carbocycles. The molecule has 6 heteroatoms. The second kappa shape index (κ2) is 8.69. The molecule has 116 valence electrons. The molecule has 0 bridgehead atoms. The minimum atomic E-state index is -1.01. The van der Waals surface area contributed by atoms with Gasteiger partial charge in [-0.25, -0.2) is 0 Å². The Bertz CT molecular complexity index is 463. The smallest absolute Gasteiger partial charge is 0.309 e. The Kier molecular flexibility index (Phi) is 7.25. The maximum absolute atomic E-state index is 11.6. The fourth-order valence-electron chi connectivity index (χ4n) is 1.76. The lowest BCUT2D eigenvalue weighted by Gasteiger charge is -2.22. The Morgan fingerprint density at radius 1 is 1.19 bits per heavy atom. The normalized spacial score (nSPS) is 13.3. The summed E-state index contributed by atoms with van der Waals surface area (Å²) in [4.78, 5) is 23.2. The lowest BCUT2D eigenvalue weighted by molar-refractivity contribution is -0.139. The number of carbonyl (C=O) groups is 2. The predicted octanol–water partition coefficient (Wildman–Crippen LogP) is 0.575. The van der Waals surface area contributed by atoms with Crippen LogP contribution < -0.4 is 10.6 Å². The monoisotopic (exact) mass is 310 g/mol. The molecule has 1 atom stereocenters. The number of rotatable bonds is 7. The van der Waals surface area contributed by atoms with Gasteiger partial charge in [0.1, 0.15) is 0 Å². The summed E-state index contributed by atoms with van der Waals surface area (Å²) < 4.78 is 0. The minimum absolute atomic E-state index is 0.0543. The molecule has 0 aromatic heterocycles. The third-order valence-electron chi connectivity index (χ3n) is 2.83. The Hall–Kier alpha value is -1.53. The molecule has 0 spiro atoms. The van der Waals surface area contributed by atoms with E-state index in [1.807, 2.05) is 36.6 Å². The van der Waals surface area contributed by atoms with Crippen LogP contribution in [0.2, 0.25) is 0 Å². The highest BCUT2D eigenvalue weighted by Gasteiger charge is 2.22. The van der Waals surface area contributed by atoms with Gasteiger partial charge in [0.05, 0.1) is 5.60 Å². The van der Waals surface area contributed by atoms with E-state index in [1.54, 1.807) is 6.92 Å². The standard InChI is InChI=1S/C15H22N2O3S/c1-15(20,11-21-2)10-17-14(19)13(18)16-9-8-12-6-4-3-5-7-12/h3-7,20H,8-11H2,1-2H3,(H,16,18)(H,17,19). The van der Waals surface area contributed by atoms with Gasteiger partial charge in [0.2, 0.25) is 0 Å². The molecule has 0 aliphatic heterocycles. The van der Waals surface area contributed by atoms with Gasteiger partial charge in [-0.05, 0) is 25.2 Å². The maximum Gasteiger partial charge on any atom is 0.309 e. The van der Waals surface area contributed by atoms with Crippen LogP contribution in [0.25, 0.3) is 0 Å². The molecule has 0 fully saturated rings. The van der Waals surface area contributed by atoms with Gasteiger partial charge in [-0.2, -0.15) is 11.8 Å². The van der Waals surface area contributed by atoms with Gasteiger partial charge in [0.15, 0.2) is 0 Å². The maximum atomic E-state index is 11.6. The molecule has 5 nitrogen and oxygen atoms in total. The van der Waals surface area contributed by atoms with Gasteiger partial charge >= 0.3 is 11.8 Å². The van der Waals surface area contributed by atoms with Crippen molar-refractivity contribution in [3.8, 4) is 0 Å². The Morgan fingerprint density at radius 2 is 1.81 bits per heavy atom. The fourth-order valence-corrected chi connectivity index (χ4v) is 2.48. The third kappa shape index (κ3) is 7.15. The highest BCUT2D eigenvalue weighted by atomic mass is 32.2. The Morgan fingerprint density at radius 3 is 2.43 bits per heavy atom. The van der Waals surface area contributed by atoms with Crippen molar-refractivity contribution in [3.63, 3.8) is 0 Å². The molecule has 1 aromatic carbocycles. The second-order valence-electron chi connectivity index (χ2n) is 5.10. The van der Waals surface area contributed by atoms with Crippen LogP contribution in [0, 0.1) is 0 Å². The van der Waals surface area contributed by atoms with Crippen molar-refractivity contribution in [2.75, 3.05) is 25.1 Å². The van der Waals surface area contributed by atoms with Crippen molar-refractivity contribution >= 4 is 23.6 Å². The van der Waals surface area contributed by atoms with Crippen LogP contribution >= 0.6 is 11.8 Å². The molecule has 2 amide bonds. The molecule has 0 saturated heterocycles. The van der Waals surface area contributed by atoms with Crippen molar-refractivity contribution in [1.82, 2.24) is 10.6 Å². The highest BCUT2D eigenvalue weighted by Crippen LogP contribution is 2.08. The lowest BCUT2D eigenvalue weighted by atomic mass is 10.1. The van der Waals surface area contributed by atoms with E-state index in [9.17, 15) is 14.7 Å². The molecule has 21 heavy (non-hydrogen) atoms. The largest absolute Gasteiger partial charge is 0.387 e. The average Bonchev–Trinajstić information content (AvgIpc) is 2.46. The number of hydrogen-bond donors (Lipinski definition) is 3. The molecular formula is C15H22N2O3S. The fraction of sp³-hybridized carbons (Fsp3) is 0.467. The zero-order valence-corrected chi connectivity index (χ0v) is 13.2. The van der Waals surface area contributed by atoms with Gasteiger partial charge in [-0.3, -0.25) is 9.59 Å². The number of thioether (sulfide) groups is 1. The van der Waals surface area contributed by atoms with Crippen LogP contribution in [0.15, 0.2) is 30.3 Å². The summed E-state index contributed by atoms with van der Waals surface area (Å²) in [5, 5.41) is 14.9. The van der Waals surface area contributed by atoms with Gasteiger partial charge in [-0.1, -0.05) is 30.3 Å². The number of nitrogens with one attached hydrogen (secondary N) is 2. The van der Waals surface area contributed by atoms with E-state index in [1.165, 1.54) is 11.8 Å². The molecule has 0 aliphatic rings. The molecule has 0 heterocycles. The van der Waals surface area contributed by atoms with Crippen LogP contribution in [0.5, 0.6) is 0 Å². The van der Waals surface area contributed by atoms with Crippen LogP contribution in [-0.4, -0.2) is 47.6 Å². The van der Waals surface area contributed by atoms with Crippen LogP contribution in [0.4, 0.5) is 0 Å². The molecule has 0 radical (unpaired) electrons. The van der Waals surface area contributed by atoms with Gasteiger partial charge in [-0.15, -0.1) is 0 Å². The quantitative estimate of drug-likeness (QED) is 0.644. The first-order valence-electron chi connectivity index (χ1n) is 6.76. The Balaban J connectivity index is 2.27. The summed E-state index contributed by atoms with van der Waals surface area (Å²) in [5.74, 6) is -0.904. The van der Waals surface area contributed by atoms with Crippen LogP contribution in [-0.2, 0) is 16.0 Å². The number of benzene rings is 1. The van der Waals surface area contributed by atoms with Crippen molar-refractivity contribution in [1.29, 1.82) is 0 Å². The first-order valence-corrected chi connectivity index (χ1v) is 8.15. The van der Waals surface area contributed by atoms with E-state index in [4.69, 9.17) is 0 Å². The van der Waals surface area contributed by atoms with E-state index in [2.05, 4.69) is 10.6 Å². The average molecular weight is 310 g/mol. The number of aliphatic hydroxyl groups is 1. The number of amides is 2. The highest BCUT2D eigenvalue weighted by molar-refractivity contribution is 7.98. The third-order valence-corrected chi connectivity index (χ3v) is 3.74.